The number of rotatable bonds is 4. The molecule has 0 unspecified atom stereocenters. The van der Waals surface area contributed by atoms with Crippen molar-refractivity contribution in [3.63, 3.8) is 0 Å². The Hall–Kier alpha value is -3.17. The van der Waals surface area contributed by atoms with Gasteiger partial charge in [-0.2, -0.15) is 9.50 Å². The van der Waals surface area contributed by atoms with Crippen LogP contribution < -0.4 is 0 Å². The Morgan fingerprint density at radius 2 is 1.90 bits per heavy atom. The molecule has 5 rings (SSSR count). The van der Waals surface area contributed by atoms with Crippen LogP contribution >= 0.6 is 11.3 Å². The number of carbonyl (C=O) groups excluding carboxylic acids is 1. The van der Waals surface area contributed by atoms with E-state index in [0.29, 0.717) is 29.6 Å². The molecule has 154 valence electrons. The van der Waals surface area contributed by atoms with E-state index >= 15 is 0 Å². The minimum Gasteiger partial charge on any atom is -0.492 e. The molecule has 0 saturated carbocycles. The summed E-state index contributed by atoms with van der Waals surface area (Å²) in [7, 11) is 0. The number of nitrogens with zero attached hydrogens (tertiary/aromatic N) is 5. The van der Waals surface area contributed by atoms with Gasteiger partial charge in [-0.1, -0.05) is 41.7 Å². The SMILES string of the molecule is CC(=O)N1CCN([C@@H](c2ccccc2)c2sc3nc(-c4ccco4)nn3c2O)CC1. The number of piperazine rings is 1. The number of hydrogen-bond acceptors (Lipinski definition) is 7. The normalized spacial score (nSPS) is 16.2. The fourth-order valence-electron chi connectivity index (χ4n) is 3.90. The summed E-state index contributed by atoms with van der Waals surface area (Å²) >= 11 is 1.42. The van der Waals surface area contributed by atoms with Crippen LogP contribution in [-0.2, 0) is 4.79 Å². The second-order valence-corrected chi connectivity index (χ2v) is 8.26. The Morgan fingerprint density at radius 3 is 2.53 bits per heavy atom. The number of hydrogen-bond donors (Lipinski definition) is 1. The standard InChI is InChI=1S/C21H21N5O3S/c1-14(27)24-9-11-25(12-10-24)17(15-6-3-2-4-7-15)18-20(28)26-21(30-18)22-19(23-26)16-8-5-13-29-16/h2-8,13,17,28H,9-12H2,1H3/t17-/m0/s1. The molecule has 1 amide bonds. The van der Waals surface area contributed by atoms with E-state index < -0.39 is 0 Å². The molecule has 1 aromatic carbocycles. The molecule has 0 aliphatic carbocycles. The van der Waals surface area contributed by atoms with E-state index in [4.69, 9.17) is 4.42 Å². The molecule has 4 heterocycles. The molecule has 30 heavy (non-hydrogen) atoms. The molecule has 1 saturated heterocycles. The quantitative estimate of drug-likeness (QED) is 0.543. The highest BCUT2D eigenvalue weighted by Gasteiger charge is 2.32. The molecule has 1 aliphatic heterocycles. The maximum absolute atomic E-state index is 11.7. The first-order chi connectivity index (χ1) is 14.6. The molecule has 1 aliphatic rings. The Labute approximate surface area is 177 Å². The lowest BCUT2D eigenvalue weighted by molar-refractivity contribution is -0.130. The van der Waals surface area contributed by atoms with Gasteiger partial charge >= 0.3 is 0 Å². The summed E-state index contributed by atoms with van der Waals surface area (Å²) in [5.74, 6) is 1.19. The predicted octanol–water partition coefficient (Wildman–Crippen LogP) is 3.01. The van der Waals surface area contributed by atoms with Gasteiger partial charge in [-0.3, -0.25) is 9.69 Å². The second-order valence-electron chi connectivity index (χ2n) is 7.25. The van der Waals surface area contributed by atoms with Crippen molar-refractivity contribution in [1.29, 1.82) is 0 Å². The highest BCUT2D eigenvalue weighted by molar-refractivity contribution is 7.17. The Balaban J connectivity index is 1.53. The van der Waals surface area contributed by atoms with Gasteiger partial charge in [0, 0.05) is 33.1 Å². The van der Waals surface area contributed by atoms with Gasteiger partial charge in [0.2, 0.25) is 22.6 Å². The zero-order valence-electron chi connectivity index (χ0n) is 16.4. The molecule has 8 nitrogen and oxygen atoms in total. The summed E-state index contributed by atoms with van der Waals surface area (Å²) in [5.41, 5.74) is 1.08. The highest BCUT2D eigenvalue weighted by Crippen LogP contribution is 2.40. The Morgan fingerprint density at radius 1 is 1.13 bits per heavy atom. The van der Waals surface area contributed by atoms with Crippen LogP contribution in [0.4, 0.5) is 0 Å². The lowest BCUT2D eigenvalue weighted by Gasteiger charge is -2.38. The number of aromatic nitrogens is 3. The molecule has 1 atom stereocenters. The Bertz CT molecular complexity index is 1160. The van der Waals surface area contributed by atoms with Crippen LogP contribution in [0.15, 0.2) is 53.1 Å². The number of carbonyl (C=O) groups is 1. The van der Waals surface area contributed by atoms with E-state index in [9.17, 15) is 9.90 Å². The van der Waals surface area contributed by atoms with Crippen molar-refractivity contribution in [3.8, 4) is 17.5 Å². The van der Waals surface area contributed by atoms with Crippen molar-refractivity contribution in [1.82, 2.24) is 24.4 Å². The van der Waals surface area contributed by atoms with Crippen LogP contribution in [0.5, 0.6) is 5.88 Å². The molecule has 0 bridgehead atoms. The number of aromatic hydroxyl groups is 1. The number of benzene rings is 1. The third-order valence-corrected chi connectivity index (χ3v) is 6.50. The largest absolute Gasteiger partial charge is 0.492 e. The maximum Gasteiger partial charge on any atom is 0.230 e. The van der Waals surface area contributed by atoms with Gasteiger partial charge in [0.25, 0.3) is 0 Å². The molecule has 1 fully saturated rings. The number of furan rings is 1. The average molecular weight is 423 g/mol. The van der Waals surface area contributed by atoms with Gasteiger partial charge in [0.1, 0.15) is 0 Å². The van der Waals surface area contributed by atoms with Gasteiger partial charge in [0.15, 0.2) is 5.76 Å². The van der Waals surface area contributed by atoms with Crippen molar-refractivity contribution in [2.24, 2.45) is 0 Å². The first-order valence-electron chi connectivity index (χ1n) is 9.78. The molecule has 1 N–H and O–H groups in total. The number of fused-ring (bicyclic) bond motifs is 1. The third-order valence-electron chi connectivity index (χ3n) is 5.43. The summed E-state index contributed by atoms with van der Waals surface area (Å²) in [5, 5.41) is 15.5. The van der Waals surface area contributed by atoms with E-state index in [1.165, 1.54) is 15.9 Å². The summed E-state index contributed by atoms with van der Waals surface area (Å²) in [4.78, 5) is 21.8. The van der Waals surface area contributed by atoms with Crippen molar-refractivity contribution in [2.75, 3.05) is 26.2 Å². The van der Waals surface area contributed by atoms with Crippen molar-refractivity contribution in [3.05, 3.63) is 59.2 Å². The zero-order chi connectivity index (χ0) is 20.7. The topological polar surface area (TPSA) is 87.1 Å². The minimum atomic E-state index is -0.138. The zero-order valence-corrected chi connectivity index (χ0v) is 17.2. The van der Waals surface area contributed by atoms with Crippen LogP contribution in [-0.4, -0.2) is 61.6 Å². The molecular weight excluding hydrogens is 402 g/mol. The van der Waals surface area contributed by atoms with Crippen LogP contribution in [0.1, 0.15) is 23.4 Å². The fourth-order valence-corrected chi connectivity index (χ4v) is 5.01. The monoisotopic (exact) mass is 423 g/mol. The van der Waals surface area contributed by atoms with Crippen molar-refractivity contribution in [2.45, 2.75) is 13.0 Å². The number of thiazole rings is 1. The second kappa shape index (κ2) is 7.58. The van der Waals surface area contributed by atoms with E-state index in [0.717, 1.165) is 23.5 Å². The summed E-state index contributed by atoms with van der Waals surface area (Å²) < 4.78 is 6.85. The highest BCUT2D eigenvalue weighted by atomic mass is 32.1. The molecule has 0 radical (unpaired) electrons. The van der Waals surface area contributed by atoms with Gasteiger partial charge in [0.05, 0.1) is 17.2 Å². The lowest BCUT2D eigenvalue weighted by atomic mass is 10.0. The first-order valence-corrected chi connectivity index (χ1v) is 10.6. The van der Waals surface area contributed by atoms with Crippen LogP contribution in [0.2, 0.25) is 0 Å². The van der Waals surface area contributed by atoms with Crippen molar-refractivity contribution >= 4 is 22.2 Å². The molecule has 0 spiro atoms. The van der Waals surface area contributed by atoms with Crippen LogP contribution in [0.25, 0.3) is 16.5 Å². The van der Waals surface area contributed by atoms with Gasteiger partial charge in [-0.05, 0) is 17.7 Å². The van der Waals surface area contributed by atoms with Crippen molar-refractivity contribution < 1.29 is 14.3 Å². The molecule has 3 aromatic heterocycles. The van der Waals surface area contributed by atoms with Gasteiger partial charge in [-0.25, -0.2) is 0 Å². The molecule has 4 aromatic rings. The molecular formula is C21H21N5O3S. The van der Waals surface area contributed by atoms with Gasteiger partial charge in [-0.15, -0.1) is 5.10 Å². The van der Waals surface area contributed by atoms with Crippen LogP contribution in [0.3, 0.4) is 0 Å². The minimum absolute atomic E-state index is 0.0863. The average Bonchev–Trinajstić information content (AvgIpc) is 3.49. The predicted molar refractivity (Wildman–Crippen MR) is 112 cm³/mol. The van der Waals surface area contributed by atoms with Gasteiger partial charge < -0.3 is 14.4 Å². The summed E-state index contributed by atoms with van der Waals surface area (Å²) in [6.45, 7) is 4.39. The number of amides is 1. The lowest BCUT2D eigenvalue weighted by Crippen LogP contribution is -2.49. The fraction of sp³-hybridized carbons (Fsp3) is 0.286. The van der Waals surface area contributed by atoms with Crippen LogP contribution in [0, 0.1) is 0 Å². The third kappa shape index (κ3) is 3.25. The van der Waals surface area contributed by atoms with E-state index in [1.807, 2.05) is 23.1 Å². The smallest absolute Gasteiger partial charge is 0.230 e. The summed E-state index contributed by atoms with van der Waals surface area (Å²) in [6, 6.07) is 13.5. The maximum atomic E-state index is 11.7. The van der Waals surface area contributed by atoms with E-state index in [1.54, 1.807) is 25.3 Å². The first kappa shape index (κ1) is 18.8. The Kier molecular flexibility index (Phi) is 4.76. The molecule has 9 heteroatoms. The summed E-state index contributed by atoms with van der Waals surface area (Å²) in [6.07, 6.45) is 1.57. The van der Waals surface area contributed by atoms with E-state index in [2.05, 4.69) is 27.1 Å². The van der Waals surface area contributed by atoms with E-state index in [-0.39, 0.29) is 17.8 Å².